The monoisotopic (exact) mass is 288 g/mol. The highest BCUT2D eigenvalue weighted by molar-refractivity contribution is 5.84. The summed E-state index contributed by atoms with van der Waals surface area (Å²) in [6.45, 7) is 2.45. The predicted octanol–water partition coefficient (Wildman–Crippen LogP) is 1.04. The molecule has 0 radical (unpaired) electrons. The van der Waals surface area contributed by atoms with Crippen molar-refractivity contribution in [2.45, 2.75) is 12.6 Å². The lowest BCUT2D eigenvalue weighted by atomic mass is 10.1. The lowest BCUT2D eigenvalue weighted by molar-refractivity contribution is 0.0690. The summed E-state index contributed by atoms with van der Waals surface area (Å²) in [5, 5.41) is 16.3. The number of nitrogens with zero attached hydrogens (tertiary/aromatic N) is 4. The molecule has 110 valence electrons. The first-order valence-electron chi connectivity index (χ1n) is 6.66. The molecule has 3 rings (SSSR count). The van der Waals surface area contributed by atoms with E-state index in [-0.39, 0.29) is 11.7 Å². The van der Waals surface area contributed by atoms with Crippen molar-refractivity contribution in [2.75, 3.05) is 20.2 Å². The van der Waals surface area contributed by atoms with Gasteiger partial charge in [-0.25, -0.2) is 9.48 Å². The van der Waals surface area contributed by atoms with Gasteiger partial charge >= 0.3 is 5.97 Å². The molecule has 0 aliphatic carbocycles. The van der Waals surface area contributed by atoms with Crippen molar-refractivity contribution in [2.24, 2.45) is 0 Å². The third-order valence-corrected chi connectivity index (χ3v) is 3.63. The van der Waals surface area contributed by atoms with E-state index >= 15 is 0 Å². The van der Waals surface area contributed by atoms with E-state index in [0.29, 0.717) is 0 Å². The minimum Gasteiger partial charge on any atom is -0.496 e. The van der Waals surface area contributed by atoms with Crippen LogP contribution in [0.2, 0.25) is 0 Å². The van der Waals surface area contributed by atoms with E-state index in [9.17, 15) is 4.79 Å². The van der Waals surface area contributed by atoms with Gasteiger partial charge in [0.05, 0.1) is 19.3 Å². The number of aromatic carboxylic acids is 1. The predicted molar refractivity (Wildman–Crippen MR) is 74.3 cm³/mol. The van der Waals surface area contributed by atoms with Crippen LogP contribution in [-0.2, 0) is 6.54 Å². The van der Waals surface area contributed by atoms with E-state index in [0.717, 1.165) is 30.9 Å². The SMILES string of the molecule is COc1ccccc1CN1CC(n2cc(C(=O)O)nn2)C1. The summed E-state index contributed by atoms with van der Waals surface area (Å²) in [6.07, 6.45) is 1.48. The van der Waals surface area contributed by atoms with Gasteiger partial charge in [-0.3, -0.25) is 4.90 Å². The van der Waals surface area contributed by atoms with Gasteiger partial charge in [0.1, 0.15) is 5.75 Å². The van der Waals surface area contributed by atoms with Gasteiger partial charge in [0.15, 0.2) is 5.69 Å². The number of para-hydroxylation sites is 1. The van der Waals surface area contributed by atoms with Crippen molar-refractivity contribution < 1.29 is 14.6 Å². The molecule has 0 atom stereocenters. The highest BCUT2D eigenvalue weighted by atomic mass is 16.5. The van der Waals surface area contributed by atoms with Crippen molar-refractivity contribution in [3.8, 4) is 5.75 Å². The van der Waals surface area contributed by atoms with Gasteiger partial charge in [-0.1, -0.05) is 23.4 Å². The fraction of sp³-hybridized carbons (Fsp3) is 0.357. The first kappa shape index (κ1) is 13.6. The molecule has 0 unspecified atom stereocenters. The zero-order chi connectivity index (χ0) is 14.8. The normalized spacial score (nSPS) is 15.7. The Hall–Kier alpha value is -2.41. The van der Waals surface area contributed by atoms with Crippen LogP contribution in [0.3, 0.4) is 0 Å². The molecule has 1 aromatic heterocycles. The molecular weight excluding hydrogens is 272 g/mol. The van der Waals surface area contributed by atoms with Crippen LogP contribution in [0.4, 0.5) is 0 Å². The van der Waals surface area contributed by atoms with Gasteiger partial charge in [-0.15, -0.1) is 5.10 Å². The Labute approximate surface area is 121 Å². The quantitative estimate of drug-likeness (QED) is 0.885. The van der Waals surface area contributed by atoms with E-state index in [4.69, 9.17) is 9.84 Å². The van der Waals surface area contributed by atoms with Gasteiger partial charge in [0.2, 0.25) is 0 Å². The van der Waals surface area contributed by atoms with Gasteiger partial charge < -0.3 is 9.84 Å². The van der Waals surface area contributed by atoms with Crippen molar-refractivity contribution in [1.82, 2.24) is 19.9 Å². The van der Waals surface area contributed by atoms with E-state index in [1.54, 1.807) is 11.8 Å². The van der Waals surface area contributed by atoms with Gasteiger partial charge in [0, 0.05) is 25.2 Å². The Morgan fingerprint density at radius 2 is 2.19 bits per heavy atom. The average Bonchev–Trinajstić information content (AvgIpc) is 2.92. The first-order valence-corrected chi connectivity index (χ1v) is 6.66. The molecule has 1 saturated heterocycles. The van der Waals surface area contributed by atoms with Crippen LogP contribution in [0.1, 0.15) is 22.1 Å². The molecule has 0 saturated carbocycles. The second-order valence-electron chi connectivity index (χ2n) is 5.05. The fourth-order valence-electron chi connectivity index (χ4n) is 2.47. The number of carboxylic acid groups (broad SMARTS) is 1. The molecule has 7 heteroatoms. The molecule has 1 aliphatic rings. The summed E-state index contributed by atoms with van der Waals surface area (Å²) >= 11 is 0. The van der Waals surface area contributed by atoms with Crippen LogP contribution in [0.25, 0.3) is 0 Å². The van der Waals surface area contributed by atoms with Crippen molar-refractivity contribution in [3.63, 3.8) is 0 Å². The standard InChI is InChI=1S/C14H16N4O3/c1-21-13-5-3-2-4-10(13)6-17-7-11(8-17)18-9-12(14(19)20)15-16-18/h2-5,9,11H,6-8H2,1H3,(H,19,20). The molecule has 1 fully saturated rings. The molecule has 1 aromatic carbocycles. The number of likely N-dealkylation sites (tertiary alicyclic amines) is 1. The number of methoxy groups -OCH3 is 1. The van der Waals surface area contributed by atoms with Crippen molar-refractivity contribution >= 4 is 5.97 Å². The van der Waals surface area contributed by atoms with E-state index in [1.807, 2.05) is 24.3 Å². The first-order chi connectivity index (χ1) is 10.2. The van der Waals surface area contributed by atoms with Crippen molar-refractivity contribution in [1.29, 1.82) is 0 Å². The second-order valence-corrected chi connectivity index (χ2v) is 5.05. The summed E-state index contributed by atoms with van der Waals surface area (Å²) in [7, 11) is 1.67. The van der Waals surface area contributed by atoms with E-state index in [1.165, 1.54) is 6.20 Å². The Balaban J connectivity index is 1.59. The van der Waals surface area contributed by atoms with Crippen LogP contribution in [0, 0.1) is 0 Å². The summed E-state index contributed by atoms with van der Waals surface area (Å²) in [4.78, 5) is 13.0. The highest BCUT2D eigenvalue weighted by Gasteiger charge is 2.30. The minimum absolute atomic E-state index is 0.0156. The zero-order valence-corrected chi connectivity index (χ0v) is 11.6. The topological polar surface area (TPSA) is 80.5 Å². The number of carbonyl (C=O) groups is 1. The minimum atomic E-state index is -1.05. The van der Waals surface area contributed by atoms with E-state index in [2.05, 4.69) is 15.2 Å². The zero-order valence-electron chi connectivity index (χ0n) is 11.6. The number of aromatic nitrogens is 3. The van der Waals surface area contributed by atoms with Crippen LogP contribution >= 0.6 is 0 Å². The fourth-order valence-corrected chi connectivity index (χ4v) is 2.47. The third-order valence-electron chi connectivity index (χ3n) is 3.63. The Kier molecular flexibility index (Phi) is 3.57. The Morgan fingerprint density at radius 3 is 2.86 bits per heavy atom. The molecule has 0 bridgehead atoms. The number of hydrogen-bond donors (Lipinski definition) is 1. The lowest BCUT2D eigenvalue weighted by Crippen LogP contribution is -2.47. The smallest absolute Gasteiger partial charge is 0.358 e. The van der Waals surface area contributed by atoms with Gasteiger partial charge in [-0.05, 0) is 6.07 Å². The average molecular weight is 288 g/mol. The molecular formula is C14H16N4O3. The molecule has 1 N–H and O–H groups in total. The lowest BCUT2D eigenvalue weighted by Gasteiger charge is -2.39. The van der Waals surface area contributed by atoms with Crippen LogP contribution in [-0.4, -0.2) is 51.2 Å². The highest BCUT2D eigenvalue weighted by Crippen LogP contribution is 2.26. The summed E-state index contributed by atoms with van der Waals surface area (Å²) in [5.74, 6) is -0.165. The number of hydrogen-bond acceptors (Lipinski definition) is 5. The molecule has 7 nitrogen and oxygen atoms in total. The summed E-state index contributed by atoms with van der Waals surface area (Å²) < 4.78 is 6.96. The Bertz CT molecular complexity index is 649. The molecule has 1 aliphatic heterocycles. The maximum absolute atomic E-state index is 10.8. The maximum atomic E-state index is 10.8. The summed E-state index contributed by atoms with van der Waals surface area (Å²) in [6, 6.07) is 8.11. The number of benzene rings is 1. The molecule has 0 amide bonds. The largest absolute Gasteiger partial charge is 0.496 e. The maximum Gasteiger partial charge on any atom is 0.358 e. The van der Waals surface area contributed by atoms with E-state index < -0.39 is 5.97 Å². The van der Waals surface area contributed by atoms with Gasteiger partial charge in [-0.2, -0.15) is 0 Å². The molecule has 21 heavy (non-hydrogen) atoms. The molecule has 2 aromatic rings. The van der Waals surface area contributed by atoms with Crippen LogP contribution in [0.15, 0.2) is 30.5 Å². The third kappa shape index (κ3) is 2.73. The van der Waals surface area contributed by atoms with Crippen LogP contribution in [0.5, 0.6) is 5.75 Å². The summed E-state index contributed by atoms with van der Waals surface area (Å²) in [5.41, 5.74) is 1.13. The van der Waals surface area contributed by atoms with Crippen molar-refractivity contribution in [3.05, 3.63) is 41.7 Å². The Morgan fingerprint density at radius 1 is 1.43 bits per heavy atom. The van der Waals surface area contributed by atoms with Crippen LogP contribution < -0.4 is 4.74 Å². The number of rotatable bonds is 5. The molecule has 0 spiro atoms. The second kappa shape index (κ2) is 5.53. The molecule has 2 heterocycles. The van der Waals surface area contributed by atoms with Gasteiger partial charge in [0.25, 0.3) is 0 Å². The number of ether oxygens (including phenoxy) is 1. The number of carboxylic acids is 1.